The third-order valence-corrected chi connectivity index (χ3v) is 4.51. The monoisotopic (exact) mass is 375 g/mol. The molecule has 0 bridgehead atoms. The molecule has 0 radical (unpaired) electrons. The number of halogens is 1. The highest BCUT2D eigenvalue weighted by molar-refractivity contribution is 5.80. The lowest BCUT2D eigenvalue weighted by Crippen LogP contribution is -2.45. The molecule has 0 aromatic carbocycles. The Balaban J connectivity index is 1.62. The summed E-state index contributed by atoms with van der Waals surface area (Å²) in [4.78, 5) is 10.6. The van der Waals surface area contributed by atoms with Crippen molar-refractivity contribution < 1.29 is 13.9 Å². The number of nitrogens with zero attached hydrogens (tertiary/aromatic N) is 3. The number of aliphatic hydroxyl groups is 1. The Kier molecular flexibility index (Phi) is 5.95. The summed E-state index contributed by atoms with van der Waals surface area (Å²) in [6.07, 6.45) is 3.97. The topological polar surface area (TPSA) is 85.9 Å². The van der Waals surface area contributed by atoms with Gasteiger partial charge in [0.1, 0.15) is 11.4 Å². The van der Waals surface area contributed by atoms with E-state index in [1.807, 2.05) is 11.8 Å². The van der Waals surface area contributed by atoms with Gasteiger partial charge in [0.05, 0.1) is 12.8 Å². The number of pyridine rings is 1. The molecule has 1 fully saturated rings. The van der Waals surface area contributed by atoms with E-state index in [1.54, 1.807) is 31.3 Å². The molecule has 2 unspecified atom stereocenters. The van der Waals surface area contributed by atoms with E-state index in [-0.39, 0.29) is 18.4 Å². The van der Waals surface area contributed by atoms with Crippen molar-refractivity contribution in [1.29, 1.82) is 0 Å². The van der Waals surface area contributed by atoms with E-state index in [0.717, 1.165) is 13.0 Å². The third kappa shape index (κ3) is 4.77. The van der Waals surface area contributed by atoms with Crippen LogP contribution >= 0.6 is 0 Å². The molecule has 2 atom stereocenters. The first kappa shape index (κ1) is 19.2. The van der Waals surface area contributed by atoms with Crippen LogP contribution in [0.25, 0.3) is 0 Å². The van der Waals surface area contributed by atoms with Gasteiger partial charge in [0.25, 0.3) is 0 Å². The van der Waals surface area contributed by atoms with Crippen LogP contribution in [0.1, 0.15) is 26.0 Å². The van der Waals surface area contributed by atoms with Crippen LogP contribution in [0.15, 0.2) is 46.1 Å². The standard InChI is InChI=1S/C19H26FN5O2/c1-3-21-18(23-13-19(2,26)16-7-5-11-27-16)24-14-8-10-25(12-14)17-15(20)6-4-9-22-17/h4-7,9,11,14,26H,3,8,10,12-13H2,1-2H3,(H2,21,23,24). The molecule has 2 aromatic rings. The second-order valence-electron chi connectivity index (χ2n) is 6.83. The quantitative estimate of drug-likeness (QED) is 0.528. The highest BCUT2D eigenvalue weighted by Gasteiger charge is 2.28. The fourth-order valence-electron chi connectivity index (χ4n) is 3.09. The summed E-state index contributed by atoms with van der Waals surface area (Å²) in [5.74, 6) is 1.15. The van der Waals surface area contributed by atoms with Crippen LogP contribution < -0.4 is 15.5 Å². The zero-order valence-electron chi connectivity index (χ0n) is 15.7. The molecule has 8 heteroatoms. The molecule has 0 spiro atoms. The lowest BCUT2D eigenvalue weighted by atomic mass is 10.0. The zero-order chi connectivity index (χ0) is 19.3. The summed E-state index contributed by atoms with van der Waals surface area (Å²) in [6, 6.07) is 6.59. The normalized spacial score (nSPS) is 19.8. The number of guanidine groups is 1. The first-order valence-corrected chi connectivity index (χ1v) is 9.16. The molecule has 0 saturated carbocycles. The molecule has 0 aliphatic carbocycles. The van der Waals surface area contributed by atoms with Crippen molar-refractivity contribution >= 4 is 11.8 Å². The molecule has 27 heavy (non-hydrogen) atoms. The number of hydrogen-bond donors (Lipinski definition) is 3. The zero-order valence-corrected chi connectivity index (χ0v) is 15.7. The number of hydrogen-bond acceptors (Lipinski definition) is 5. The van der Waals surface area contributed by atoms with Gasteiger partial charge in [-0.15, -0.1) is 0 Å². The molecule has 0 amide bonds. The van der Waals surface area contributed by atoms with Gasteiger partial charge in [-0.3, -0.25) is 0 Å². The Morgan fingerprint density at radius 3 is 3.04 bits per heavy atom. The predicted octanol–water partition coefficient (Wildman–Crippen LogP) is 1.86. The fraction of sp³-hybridized carbons (Fsp3) is 0.474. The summed E-state index contributed by atoms with van der Waals surface area (Å²) < 4.78 is 19.2. The Bertz CT molecular complexity index is 763. The predicted molar refractivity (Wildman–Crippen MR) is 102 cm³/mol. The van der Waals surface area contributed by atoms with Crippen LogP contribution in [0.3, 0.4) is 0 Å². The average Bonchev–Trinajstić information content (AvgIpc) is 3.33. The molecule has 1 aliphatic rings. The third-order valence-electron chi connectivity index (χ3n) is 4.51. The summed E-state index contributed by atoms with van der Waals surface area (Å²) in [5, 5.41) is 17.1. The second kappa shape index (κ2) is 8.39. The molecule has 146 valence electrons. The molecule has 1 aliphatic heterocycles. The summed E-state index contributed by atoms with van der Waals surface area (Å²) in [5.41, 5.74) is -1.19. The number of aromatic nitrogens is 1. The number of anilines is 1. The van der Waals surface area contributed by atoms with Crippen LogP contribution in [0.2, 0.25) is 0 Å². The fourth-order valence-corrected chi connectivity index (χ4v) is 3.09. The Morgan fingerprint density at radius 1 is 1.48 bits per heavy atom. The van der Waals surface area contributed by atoms with Crippen LogP contribution in [-0.4, -0.2) is 48.3 Å². The number of nitrogens with one attached hydrogen (secondary N) is 2. The molecular weight excluding hydrogens is 349 g/mol. The molecule has 3 heterocycles. The highest BCUT2D eigenvalue weighted by atomic mass is 19.1. The van der Waals surface area contributed by atoms with Gasteiger partial charge < -0.3 is 25.1 Å². The lowest BCUT2D eigenvalue weighted by molar-refractivity contribution is 0.0437. The van der Waals surface area contributed by atoms with Crippen molar-refractivity contribution in [3.63, 3.8) is 0 Å². The molecular formula is C19H26FN5O2. The van der Waals surface area contributed by atoms with Crippen molar-refractivity contribution in [2.75, 3.05) is 31.1 Å². The van der Waals surface area contributed by atoms with Gasteiger partial charge in [-0.05, 0) is 44.5 Å². The summed E-state index contributed by atoms with van der Waals surface area (Å²) in [7, 11) is 0. The maximum Gasteiger partial charge on any atom is 0.191 e. The maximum atomic E-state index is 13.9. The van der Waals surface area contributed by atoms with Crippen molar-refractivity contribution in [3.05, 3.63) is 48.3 Å². The minimum Gasteiger partial charge on any atom is -0.466 e. The van der Waals surface area contributed by atoms with Crippen molar-refractivity contribution in [1.82, 2.24) is 15.6 Å². The SMILES string of the molecule is CCNC(=NCC(C)(O)c1ccco1)NC1CCN(c2ncccc2F)C1. The number of rotatable bonds is 6. The van der Waals surface area contributed by atoms with Gasteiger partial charge >= 0.3 is 0 Å². The van der Waals surface area contributed by atoms with Crippen molar-refractivity contribution in [2.24, 2.45) is 4.99 Å². The van der Waals surface area contributed by atoms with Crippen LogP contribution in [0.4, 0.5) is 10.2 Å². The van der Waals surface area contributed by atoms with E-state index in [9.17, 15) is 9.50 Å². The first-order valence-electron chi connectivity index (χ1n) is 9.16. The summed E-state index contributed by atoms with van der Waals surface area (Å²) in [6.45, 7) is 5.84. The maximum absolute atomic E-state index is 13.9. The van der Waals surface area contributed by atoms with Crippen LogP contribution in [0, 0.1) is 5.82 Å². The molecule has 3 rings (SSSR count). The second-order valence-corrected chi connectivity index (χ2v) is 6.83. The van der Waals surface area contributed by atoms with Crippen molar-refractivity contribution in [3.8, 4) is 0 Å². The smallest absolute Gasteiger partial charge is 0.191 e. The van der Waals surface area contributed by atoms with E-state index < -0.39 is 5.60 Å². The molecule has 3 N–H and O–H groups in total. The van der Waals surface area contributed by atoms with Crippen LogP contribution in [-0.2, 0) is 5.60 Å². The number of aliphatic imine (C=N–C) groups is 1. The van der Waals surface area contributed by atoms with E-state index in [0.29, 0.717) is 30.6 Å². The first-order chi connectivity index (χ1) is 13.0. The molecule has 2 aromatic heterocycles. The number of furan rings is 1. The van der Waals surface area contributed by atoms with Gasteiger partial charge in [0.2, 0.25) is 0 Å². The molecule has 7 nitrogen and oxygen atoms in total. The van der Waals surface area contributed by atoms with E-state index in [2.05, 4.69) is 20.6 Å². The Hall–Kier alpha value is -2.61. The molecule has 1 saturated heterocycles. The lowest BCUT2D eigenvalue weighted by Gasteiger charge is -2.22. The minimum atomic E-state index is -1.19. The van der Waals surface area contributed by atoms with Gasteiger partial charge in [-0.25, -0.2) is 14.4 Å². The van der Waals surface area contributed by atoms with Gasteiger partial charge in [-0.1, -0.05) is 0 Å². The van der Waals surface area contributed by atoms with E-state index >= 15 is 0 Å². The average molecular weight is 375 g/mol. The van der Waals surface area contributed by atoms with E-state index in [4.69, 9.17) is 4.42 Å². The van der Waals surface area contributed by atoms with Crippen LogP contribution in [0.5, 0.6) is 0 Å². The Labute approximate surface area is 158 Å². The minimum absolute atomic E-state index is 0.109. The van der Waals surface area contributed by atoms with Gasteiger partial charge in [-0.2, -0.15) is 0 Å². The van der Waals surface area contributed by atoms with E-state index in [1.165, 1.54) is 12.3 Å². The Morgan fingerprint density at radius 2 is 2.33 bits per heavy atom. The van der Waals surface area contributed by atoms with Gasteiger partial charge in [0, 0.05) is 31.9 Å². The summed E-state index contributed by atoms with van der Waals surface area (Å²) >= 11 is 0. The van der Waals surface area contributed by atoms with Gasteiger partial charge in [0.15, 0.2) is 17.6 Å². The highest BCUT2D eigenvalue weighted by Crippen LogP contribution is 2.22. The largest absolute Gasteiger partial charge is 0.466 e. The van der Waals surface area contributed by atoms with Crippen molar-refractivity contribution in [2.45, 2.75) is 31.9 Å².